The first-order chi connectivity index (χ1) is 14.2. The number of aryl methyl sites for hydroxylation is 2. The van der Waals surface area contributed by atoms with Crippen molar-refractivity contribution in [2.45, 2.75) is 33.4 Å². The van der Waals surface area contributed by atoms with E-state index in [0.29, 0.717) is 5.75 Å². The number of alkyl halides is 3. The molecule has 0 amide bonds. The van der Waals surface area contributed by atoms with Gasteiger partial charge in [-0.2, -0.15) is 22.5 Å². The molecule has 1 heterocycles. The van der Waals surface area contributed by atoms with E-state index in [1.54, 1.807) is 0 Å². The van der Waals surface area contributed by atoms with Crippen molar-refractivity contribution in [1.29, 1.82) is 0 Å². The average Bonchev–Trinajstić information content (AvgIpc) is 3.17. The molecular formula is C22H24F3N3OS. The number of ether oxygens (including phenoxy) is 1. The number of halogens is 3. The molecule has 0 bridgehead atoms. The van der Waals surface area contributed by atoms with Crippen LogP contribution in [0.15, 0.2) is 36.4 Å². The molecule has 0 atom stereocenters. The minimum absolute atomic E-state index is 0.0107. The lowest BCUT2D eigenvalue weighted by Crippen LogP contribution is -2.20. The number of nitrogens with zero attached hydrogens (tertiary/aromatic N) is 3. The molecule has 30 heavy (non-hydrogen) atoms. The summed E-state index contributed by atoms with van der Waals surface area (Å²) in [6.45, 7) is 8.06. The van der Waals surface area contributed by atoms with Crippen molar-refractivity contribution in [3.8, 4) is 22.3 Å². The number of aromatic nitrogens is 2. The van der Waals surface area contributed by atoms with Gasteiger partial charge < -0.3 is 9.64 Å². The highest BCUT2D eigenvalue weighted by Crippen LogP contribution is 2.37. The molecule has 0 unspecified atom stereocenters. The molecule has 3 rings (SSSR count). The number of hydrogen-bond acceptors (Lipinski definition) is 5. The molecule has 0 saturated carbocycles. The predicted molar refractivity (Wildman–Crippen MR) is 113 cm³/mol. The highest BCUT2D eigenvalue weighted by Gasteiger charge is 2.34. The first-order valence-electron chi connectivity index (χ1n) is 9.66. The van der Waals surface area contributed by atoms with Gasteiger partial charge in [-0.25, -0.2) is 0 Å². The van der Waals surface area contributed by atoms with E-state index in [9.17, 15) is 13.2 Å². The highest BCUT2D eigenvalue weighted by molar-refractivity contribution is 7.07. The zero-order valence-corrected chi connectivity index (χ0v) is 18.2. The van der Waals surface area contributed by atoms with Crippen LogP contribution in [0.5, 0.6) is 10.9 Å². The van der Waals surface area contributed by atoms with Crippen LogP contribution in [0, 0.1) is 13.8 Å². The van der Waals surface area contributed by atoms with E-state index in [1.165, 1.54) is 23.8 Å². The maximum atomic E-state index is 13.3. The Kier molecular flexibility index (Phi) is 6.77. The van der Waals surface area contributed by atoms with Gasteiger partial charge in [0.05, 0.1) is 5.56 Å². The van der Waals surface area contributed by atoms with Crippen LogP contribution in [0.2, 0.25) is 0 Å². The van der Waals surface area contributed by atoms with Gasteiger partial charge in [0.25, 0.3) is 5.19 Å². The summed E-state index contributed by atoms with van der Waals surface area (Å²) in [7, 11) is 2.09. The Bertz CT molecular complexity index is 1020. The Balaban J connectivity index is 1.81. The third-order valence-corrected chi connectivity index (χ3v) is 5.61. The van der Waals surface area contributed by atoms with E-state index in [4.69, 9.17) is 4.74 Å². The van der Waals surface area contributed by atoms with E-state index in [1.807, 2.05) is 19.9 Å². The van der Waals surface area contributed by atoms with Gasteiger partial charge >= 0.3 is 6.18 Å². The SMILES string of the molecule is CCN(C)CCc1cc(C)c(Oc2nc(-c3ccccc3C(F)(F)F)ns2)cc1C. The van der Waals surface area contributed by atoms with Crippen molar-refractivity contribution in [3.63, 3.8) is 0 Å². The zero-order chi connectivity index (χ0) is 21.9. The standard InChI is InChI=1S/C22H24F3N3OS/c1-5-28(4)11-10-16-12-15(3)19(13-14(16)2)29-21-26-20(27-30-21)17-8-6-7-9-18(17)22(23,24)25/h6-9,12-13H,5,10-11H2,1-4H3. The summed E-state index contributed by atoms with van der Waals surface area (Å²) in [5, 5.41) is 0.211. The van der Waals surface area contributed by atoms with Gasteiger partial charge in [-0.3, -0.25) is 0 Å². The summed E-state index contributed by atoms with van der Waals surface area (Å²) in [4.78, 5) is 6.44. The van der Waals surface area contributed by atoms with E-state index in [-0.39, 0.29) is 16.6 Å². The Hall–Kier alpha value is -2.45. The first kappa shape index (κ1) is 22.2. The lowest BCUT2D eigenvalue weighted by atomic mass is 10.0. The maximum Gasteiger partial charge on any atom is 0.417 e. The summed E-state index contributed by atoms with van der Waals surface area (Å²) in [5.41, 5.74) is 2.48. The Morgan fingerprint density at radius 3 is 2.53 bits per heavy atom. The monoisotopic (exact) mass is 435 g/mol. The fraction of sp³-hybridized carbons (Fsp3) is 0.364. The Morgan fingerprint density at radius 2 is 1.83 bits per heavy atom. The van der Waals surface area contributed by atoms with Crippen molar-refractivity contribution >= 4 is 11.5 Å². The Morgan fingerprint density at radius 1 is 1.10 bits per heavy atom. The third-order valence-electron chi connectivity index (χ3n) is 5.01. The topological polar surface area (TPSA) is 38.2 Å². The summed E-state index contributed by atoms with van der Waals surface area (Å²) in [6.07, 6.45) is -3.53. The highest BCUT2D eigenvalue weighted by atomic mass is 32.1. The van der Waals surface area contributed by atoms with Gasteiger partial charge in [-0.15, -0.1) is 0 Å². The van der Waals surface area contributed by atoms with Gasteiger partial charge in [-0.05, 0) is 62.7 Å². The lowest BCUT2D eigenvalue weighted by molar-refractivity contribution is -0.137. The van der Waals surface area contributed by atoms with Crippen LogP contribution < -0.4 is 4.74 Å². The molecule has 0 spiro atoms. The van der Waals surface area contributed by atoms with Crippen LogP contribution in [0.25, 0.3) is 11.4 Å². The lowest BCUT2D eigenvalue weighted by Gasteiger charge is -2.16. The van der Waals surface area contributed by atoms with Crippen molar-refractivity contribution in [2.24, 2.45) is 0 Å². The number of hydrogen-bond donors (Lipinski definition) is 0. The maximum absolute atomic E-state index is 13.3. The van der Waals surface area contributed by atoms with Crippen LogP contribution in [0.4, 0.5) is 13.2 Å². The summed E-state index contributed by atoms with van der Waals surface area (Å²) in [6, 6.07) is 9.32. The number of benzene rings is 2. The van der Waals surface area contributed by atoms with Gasteiger partial charge in [-0.1, -0.05) is 31.2 Å². The van der Waals surface area contributed by atoms with E-state index in [2.05, 4.69) is 34.3 Å². The Labute approximate surface area is 178 Å². The van der Waals surface area contributed by atoms with Crippen molar-refractivity contribution in [1.82, 2.24) is 14.3 Å². The third kappa shape index (κ3) is 5.17. The van der Waals surface area contributed by atoms with E-state index >= 15 is 0 Å². The second-order valence-corrected chi connectivity index (χ2v) is 7.93. The molecule has 0 N–H and O–H groups in total. The quantitative estimate of drug-likeness (QED) is 0.448. The first-order valence-corrected chi connectivity index (χ1v) is 10.4. The summed E-state index contributed by atoms with van der Waals surface area (Å²) in [5.74, 6) is 0.642. The molecule has 0 aliphatic rings. The minimum Gasteiger partial charge on any atom is -0.430 e. The fourth-order valence-corrected chi connectivity index (χ4v) is 3.64. The molecule has 3 aromatic rings. The zero-order valence-electron chi connectivity index (χ0n) is 17.4. The molecule has 0 saturated heterocycles. The summed E-state index contributed by atoms with van der Waals surface area (Å²) < 4.78 is 49.8. The molecular weight excluding hydrogens is 411 g/mol. The molecule has 1 aromatic heterocycles. The molecule has 0 radical (unpaired) electrons. The van der Waals surface area contributed by atoms with Crippen LogP contribution in [0.3, 0.4) is 0 Å². The molecule has 8 heteroatoms. The molecule has 4 nitrogen and oxygen atoms in total. The van der Waals surface area contributed by atoms with Crippen LogP contribution in [0.1, 0.15) is 29.2 Å². The van der Waals surface area contributed by atoms with Crippen molar-refractivity contribution in [2.75, 3.05) is 20.1 Å². The molecule has 160 valence electrons. The molecule has 0 fully saturated rings. The van der Waals surface area contributed by atoms with Crippen LogP contribution in [-0.4, -0.2) is 34.4 Å². The second-order valence-electron chi connectivity index (χ2n) is 7.22. The normalized spacial score (nSPS) is 11.9. The predicted octanol–water partition coefficient (Wildman–Crippen LogP) is 6.13. The number of rotatable bonds is 7. The molecule has 2 aromatic carbocycles. The summed E-state index contributed by atoms with van der Waals surface area (Å²) >= 11 is 0.937. The van der Waals surface area contributed by atoms with Crippen LogP contribution in [-0.2, 0) is 12.6 Å². The smallest absolute Gasteiger partial charge is 0.417 e. The van der Waals surface area contributed by atoms with Gasteiger partial charge in [0.2, 0.25) is 0 Å². The minimum atomic E-state index is -4.47. The molecule has 0 aliphatic carbocycles. The second kappa shape index (κ2) is 9.14. The van der Waals surface area contributed by atoms with Gasteiger partial charge in [0, 0.05) is 23.6 Å². The van der Waals surface area contributed by atoms with Gasteiger partial charge in [0.15, 0.2) is 5.82 Å². The van der Waals surface area contributed by atoms with E-state index in [0.717, 1.165) is 48.2 Å². The van der Waals surface area contributed by atoms with Crippen LogP contribution >= 0.6 is 11.5 Å². The van der Waals surface area contributed by atoms with Gasteiger partial charge in [0.1, 0.15) is 5.75 Å². The van der Waals surface area contributed by atoms with Crippen molar-refractivity contribution in [3.05, 3.63) is 58.7 Å². The largest absolute Gasteiger partial charge is 0.430 e. The number of likely N-dealkylation sites (N-methyl/N-ethyl adjacent to an activating group) is 1. The van der Waals surface area contributed by atoms with E-state index < -0.39 is 11.7 Å². The molecule has 0 aliphatic heterocycles. The fourth-order valence-electron chi connectivity index (χ4n) is 3.08. The average molecular weight is 436 g/mol. The van der Waals surface area contributed by atoms with Crippen molar-refractivity contribution < 1.29 is 17.9 Å².